The fourth-order valence-corrected chi connectivity index (χ4v) is 9.73. The summed E-state index contributed by atoms with van der Waals surface area (Å²) in [7, 11) is 0. The van der Waals surface area contributed by atoms with E-state index in [0.29, 0.717) is 0 Å². The van der Waals surface area contributed by atoms with E-state index in [1.54, 1.807) is 0 Å². The van der Waals surface area contributed by atoms with Crippen LogP contribution in [0.5, 0.6) is 0 Å². The largest absolute Gasteiger partial charge is 0.309 e. The Bertz CT molecular complexity index is 3310. The van der Waals surface area contributed by atoms with Gasteiger partial charge in [0, 0.05) is 43.4 Å². The molecule has 3 nitrogen and oxygen atoms in total. The summed E-state index contributed by atoms with van der Waals surface area (Å²) in [5.41, 5.74) is 16.3. The molecule has 254 valence electrons. The van der Waals surface area contributed by atoms with Gasteiger partial charge >= 0.3 is 0 Å². The van der Waals surface area contributed by atoms with Gasteiger partial charge in [0.15, 0.2) is 0 Å². The minimum Gasteiger partial charge on any atom is -0.309 e. The van der Waals surface area contributed by atoms with Crippen molar-refractivity contribution in [1.29, 1.82) is 0 Å². The molecule has 0 aliphatic heterocycles. The van der Waals surface area contributed by atoms with Crippen LogP contribution in [-0.4, -0.2) is 13.9 Å². The van der Waals surface area contributed by atoms with Crippen molar-refractivity contribution in [1.82, 2.24) is 13.9 Å². The molecule has 0 atom stereocenters. The first kappa shape index (κ1) is 29.7. The number of fused-ring (bicyclic) bond motifs is 12. The van der Waals surface area contributed by atoms with E-state index in [0.717, 1.165) is 0 Å². The highest BCUT2D eigenvalue weighted by molar-refractivity contribution is 6.14. The van der Waals surface area contributed by atoms with Gasteiger partial charge in [0.2, 0.25) is 0 Å². The molecule has 0 bridgehead atoms. The van der Waals surface area contributed by atoms with Crippen molar-refractivity contribution in [3.8, 4) is 27.9 Å². The SMILES string of the molecule is CC1(C)c2ccccc2-c2ccc(-n3c4ccccc4c4cc(-c5ccc6c(c5)c5ccccc5n6-n5c6ccccc6c6ccccc65)ccc43)cc21. The van der Waals surface area contributed by atoms with Gasteiger partial charge in [0.25, 0.3) is 0 Å². The van der Waals surface area contributed by atoms with E-state index in [1.807, 2.05) is 0 Å². The van der Waals surface area contributed by atoms with Crippen LogP contribution in [0.4, 0.5) is 0 Å². The molecule has 0 fully saturated rings. The van der Waals surface area contributed by atoms with Crippen molar-refractivity contribution in [2.75, 3.05) is 0 Å². The van der Waals surface area contributed by atoms with Crippen molar-refractivity contribution >= 4 is 65.4 Å². The zero-order valence-corrected chi connectivity index (χ0v) is 30.1. The highest BCUT2D eigenvalue weighted by Gasteiger charge is 2.35. The lowest BCUT2D eigenvalue weighted by atomic mass is 9.82. The van der Waals surface area contributed by atoms with Crippen LogP contribution in [0.3, 0.4) is 0 Å². The Kier molecular flexibility index (Phi) is 5.84. The molecule has 0 unspecified atom stereocenters. The Morgan fingerprint density at radius 1 is 0.333 bits per heavy atom. The highest BCUT2D eigenvalue weighted by Crippen LogP contribution is 2.49. The summed E-state index contributed by atoms with van der Waals surface area (Å²) in [5, 5.41) is 7.54. The van der Waals surface area contributed by atoms with Crippen molar-refractivity contribution in [2.45, 2.75) is 19.3 Å². The van der Waals surface area contributed by atoms with Crippen LogP contribution in [-0.2, 0) is 5.41 Å². The van der Waals surface area contributed by atoms with Gasteiger partial charge in [-0.1, -0.05) is 129 Å². The standard InChI is InChI=1S/C51H35N3/c1-51(2)43-18-8-3-13-35(43)36-26-25-34(31-44(36)51)52-45-19-9-4-16-39(45)41-29-32(23-27-46(41)52)33-24-28-50-42(30-33)40-17-7-12-22-49(40)54(50)53-47-20-10-5-14-37(47)38-15-6-11-21-48(38)53/h3-31H,1-2H3. The number of aromatic nitrogens is 3. The first-order valence-electron chi connectivity index (χ1n) is 18.9. The van der Waals surface area contributed by atoms with Crippen LogP contribution in [0.2, 0.25) is 0 Å². The van der Waals surface area contributed by atoms with Crippen molar-refractivity contribution in [2.24, 2.45) is 0 Å². The van der Waals surface area contributed by atoms with E-state index in [9.17, 15) is 0 Å². The van der Waals surface area contributed by atoms with Crippen LogP contribution >= 0.6 is 0 Å². The zero-order valence-electron chi connectivity index (χ0n) is 30.1. The van der Waals surface area contributed by atoms with Gasteiger partial charge in [-0.25, -0.2) is 9.35 Å². The molecular formula is C51H35N3. The van der Waals surface area contributed by atoms with E-state index in [1.165, 1.54) is 104 Å². The molecule has 3 aromatic heterocycles. The Morgan fingerprint density at radius 3 is 1.39 bits per heavy atom. The minimum atomic E-state index is -0.0584. The molecule has 0 saturated carbocycles. The van der Waals surface area contributed by atoms with E-state index >= 15 is 0 Å². The Balaban J connectivity index is 1.05. The molecule has 1 aliphatic rings. The number of nitrogens with zero attached hydrogens (tertiary/aromatic N) is 3. The van der Waals surface area contributed by atoms with Crippen LogP contribution in [0.25, 0.3) is 93.4 Å². The Labute approximate surface area is 312 Å². The van der Waals surface area contributed by atoms with Crippen molar-refractivity contribution in [3.05, 3.63) is 187 Å². The van der Waals surface area contributed by atoms with Gasteiger partial charge in [-0.2, -0.15) is 0 Å². The molecule has 0 amide bonds. The zero-order chi connectivity index (χ0) is 35.7. The average Bonchev–Trinajstić information content (AvgIpc) is 3.91. The summed E-state index contributed by atoms with van der Waals surface area (Å²) in [6.45, 7) is 4.72. The first-order chi connectivity index (χ1) is 26.6. The molecule has 0 spiro atoms. The van der Waals surface area contributed by atoms with Gasteiger partial charge in [-0.15, -0.1) is 0 Å². The maximum atomic E-state index is 2.45. The van der Waals surface area contributed by atoms with Gasteiger partial charge in [-0.05, 0) is 94.0 Å². The monoisotopic (exact) mass is 689 g/mol. The van der Waals surface area contributed by atoms with Crippen molar-refractivity contribution < 1.29 is 0 Å². The van der Waals surface area contributed by atoms with Crippen LogP contribution in [0.1, 0.15) is 25.0 Å². The second-order valence-electron chi connectivity index (χ2n) is 15.4. The van der Waals surface area contributed by atoms with Gasteiger partial charge < -0.3 is 4.57 Å². The average molecular weight is 690 g/mol. The quantitative estimate of drug-likeness (QED) is 0.175. The third kappa shape index (κ3) is 3.85. The fourth-order valence-electron chi connectivity index (χ4n) is 9.73. The van der Waals surface area contributed by atoms with Gasteiger partial charge in [-0.3, -0.25) is 0 Å². The number of hydrogen-bond donors (Lipinski definition) is 0. The predicted molar refractivity (Wildman–Crippen MR) is 227 cm³/mol. The topological polar surface area (TPSA) is 14.8 Å². The molecule has 3 heteroatoms. The van der Waals surface area contributed by atoms with Crippen LogP contribution in [0.15, 0.2) is 176 Å². The third-order valence-electron chi connectivity index (χ3n) is 12.2. The highest BCUT2D eigenvalue weighted by atomic mass is 15.5. The molecule has 54 heavy (non-hydrogen) atoms. The molecule has 12 rings (SSSR count). The second kappa shape index (κ2) is 10.6. The number of para-hydroxylation sites is 4. The van der Waals surface area contributed by atoms with E-state index in [-0.39, 0.29) is 5.41 Å². The molecule has 11 aromatic rings. The summed E-state index contributed by atoms with van der Waals surface area (Å²) in [6.07, 6.45) is 0. The molecule has 1 aliphatic carbocycles. The molecule has 0 saturated heterocycles. The summed E-state index contributed by atoms with van der Waals surface area (Å²) in [4.78, 5) is 0. The lowest BCUT2D eigenvalue weighted by Gasteiger charge is -2.22. The van der Waals surface area contributed by atoms with E-state index in [4.69, 9.17) is 0 Å². The third-order valence-corrected chi connectivity index (χ3v) is 12.2. The van der Waals surface area contributed by atoms with Crippen LogP contribution in [0, 0.1) is 0 Å². The predicted octanol–water partition coefficient (Wildman–Crippen LogP) is 13.3. The maximum absolute atomic E-state index is 2.45. The molecular weight excluding hydrogens is 655 g/mol. The smallest absolute Gasteiger partial charge is 0.0716 e. The normalized spacial score (nSPS) is 13.5. The Morgan fingerprint density at radius 2 is 0.759 bits per heavy atom. The fraction of sp³-hybridized carbons (Fsp3) is 0.0588. The summed E-state index contributed by atoms with van der Waals surface area (Å²) in [6, 6.07) is 65.1. The van der Waals surface area contributed by atoms with Crippen LogP contribution < -0.4 is 0 Å². The van der Waals surface area contributed by atoms with E-state index in [2.05, 4.69) is 204 Å². The van der Waals surface area contributed by atoms with Crippen molar-refractivity contribution in [3.63, 3.8) is 0 Å². The first-order valence-corrected chi connectivity index (χ1v) is 18.9. The molecule has 0 N–H and O–H groups in total. The molecule has 8 aromatic carbocycles. The summed E-state index contributed by atoms with van der Waals surface area (Å²) < 4.78 is 7.26. The summed E-state index contributed by atoms with van der Waals surface area (Å²) >= 11 is 0. The minimum absolute atomic E-state index is 0.0584. The molecule has 0 radical (unpaired) electrons. The Hall–Kier alpha value is -6.84. The lowest BCUT2D eigenvalue weighted by molar-refractivity contribution is 0.660. The lowest BCUT2D eigenvalue weighted by Crippen LogP contribution is -2.15. The molecule has 3 heterocycles. The second-order valence-corrected chi connectivity index (χ2v) is 15.4. The number of benzene rings is 8. The number of hydrogen-bond acceptors (Lipinski definition) is 0. The van der Waals surface area contributed by atoms with Gasteiger partial charge in [0.1, 0.15) is 0 Å². The summed E-state index contributed by atoms with van der Waals surface area (Å²) in [5.74, 6) is 0. The van der Waals surface area contributed by atoms with E-state index < -0.39 is 0 Å². The van der Waals surface area contributed by atoms with Gasteiger partial charge in [0.05, 0.1) is 33.1 Å². The maximum Gasteiger partial charge on any atom is 0.0716 e. The number of rotatable bonds is 3.